The van der Waals surface area contributed by atoms with Crippen molar-refractivity contribution in [2.75, 3.05) is 18.1 Å². The zero-order valence-electron chi connectivity index (χ0n) is 9.40. The van der Waals surface area contributed by atoms with Gasteiger partial charge in [0, 0.05) is 23.1 Å². The molecule has 1 atom stereocenters. The average Bonchev–Trinajstić information content (AvgIpc) is 2.38. The van der Waals surface area contributed by atoms with Gasteiger partial charge < -0.3 is 4.90 Å². The third-order valence-electron chi connectivity index (χ3n) is 2.70. The zero-order chi connectivity index (χ0) is 13.1. The molecule has 0 N–H and O–H groups in total. The Balaban J connectivity index is 2.27. The number of benzene rings is 1. The Bertz CT molecular complexity index is 517. The molecule has 6 heteroatoms. The third-order valence-corrected chi connectivity index (χ3v) is 3.96. The first-order valence-electron chi connectivity index (χ1n) is 5.37. The monoisotopic (exact) mass is 284 g/mol. The summed E-state index contributed by atoms with van der Waals surface area (Å²) in [6, 6.07) is 5.51. The Labute approximate surface area is 114 Å². The summed E-state index contributed by atoms with van der Waals surface area (Å²) in [6.45, 7) is 0.462. The largest absolute Gasteiger partial charge is 0.321 e. The molecule has 0 bridgehead atoms. The summed E-state index contributed by atoms with van der Waals surface area (Å²) in [7, 11) is 0. The van der Waals surface area contributed by atoms with E-state index in [4.69, 9.17) is 16.9 Å². The second-order valence-corrected chi connectivity index (χ2v) is 5.43. The first-order chi connectivity index (χ1) is 8.63. The van der Waals surface area contributed by atoms with Gasteiger partial charge in [-0.1, -0.05) is 11.6 Å². The van der Waals surface area contributed by atoms with E-state index in [-0.39, 0.29) is 10.6 Å². The molecule has 1 aromatic rings. The molecule has 18 heavy (non-hydrogen) atoms. The van der Waals surface area contributed by atoms with Gasteiger partial charge in [0.05, 0.1) is 11.6 Å². The Kier molecular flexibility index (Phi) is 4.10. The van der Waals surface area contributed by atoms with E-state index < -0.39 is 17.8 Å². The van der Waals surface area contributed by atoms with Crippen molar-refractivity contribution in [1.29, 1.82) is 5.26 Å². The molecule has 0 aliphatic carbocycles. The molecule has 1 heterocycles. The minimum Gasteiger partial charge on any atom is -0.321 e. The van der Waals surface area contributed by atoms with Gasteiger partial charge >= 0.3 is 0 Å². The lowest BCUT2D eigenvalue weighted by Crippen LogP contribution is -2.45. The summed E-state index contributed by atoms with van der Waals surface area (Å²) in [5, 5.41) is 9.24. The number of amides is 1. The van der Waals surface area contributed by atoms with Gasteiger partial charge in [-0.3, -0.25) is 4.79 Å². The van der Waals surface area contributed by atoms with E-state index in [0.717, 1.165) is 11.8 Å². The third kappa shape index (κ3) is 2.60. The number of carbonyl (C=O) groups is 1. The summed E-state index contributed by atoms with van der Waals surface area (Å²) < 4.78 is 13.7. The van der Waals surface area contributed by atoms with Crippen LogP contribution in [-0.2, 0) is 0 Å². The lowest BCUT2D eigenvalue weighted by atomic mass is 10.1. The molecule has 3 nitrogen and oxygen atoms in total. The molecule has 0 saturated carbocycles. The average molecular weight is 285 g/mol. The highest BCUT2D eigenvalue weighted by Crippen LogP contribution is 2.21. The van der Waals surface area contributed by atoms with Gasteiger partial charge in [-0.2, -0.15) is 17.0 Å². The molecule has 1 aliphatic heterocycles. The van der Waals surface area contributed by atoms with E-state index in [1.807, 2.05) is 0 Å². The number of nitrogens with zero attached hydrogens (tertiary/aromatic N) is 2. The Morgan fingerprint density at radius 2 is 2.39 bits per heavy atom. The van der Waals surface area contributed by atoms with Crippen LogP contribution < -0.4 is 0 Å². The fraction of sp³-hybridized carbons (Fsp3) is 0.333. The summed E-state index contributed by atoms with van der Waals surface area (Å²) in [5.41, 5.74) is -0.0356. The minimum absolute atomic E-state index is 0.0356. The van der Waals surface area contributed by atoms with Crippen LogP contribution in [0.25, 0.3) is 0 Å². The number of hydrogen-bond acceptors (Lipinski definition) is 3. The number of nitriles is 1. The molecule has 0 radical (unpaired) electrons. The number of rotatable bonds is 1. The van der Waals surface area contributed by atoms with Crippen LogP contribution in [0.1, 0.15) is 10.4 Å². The van der Waals surface area contributed by atoms with Crippen molar-refractivity contribution in [2.24, 2.45) is 0 Å². The highest BCUT2D eigenvalue weighted by molar-refractivity contribution is 7.99. The zero-order valence-corrected chi connectivity index (χ0v) is 11.0. The van der Waals surface area contributed by atoms with E-state index in [2.05, 4.69) is 6.07 Å². The fourth-order valence-electron chi connectivity index (χ4n) is 1.77. The second kappa shape index (κ2) is 5.59. The molecular weight excluding hydrogens is 275 g/mol. The number of thioether (sulfide) groups is 1. The van der Waals surface area contributed by atoms with Gasteiger partial charge in [0.15, 0.2) is 0 Å². The number of hydrogen-bond donors (Lipinski definition) is 0. The highest BCUT2D eigenvalue weighted by Gasteiger charge is 2.29. The summed E-state index contributed by atoms with van der Waals surface area (Å²) in [4.78, 5) is 13.6. The maximum Gasteiger partial charge on any atom is 0.257 e. The van der Waals surface area contributed by atoms with E-state index in [9.17, 15) is 9.18 Å². The minimum atomic E-state index is -0.651. The van der Waals surface area contributed by atoms with Crippen molar-refractivity contribution in [3.8, 4) is 6.07 Å². The van der Waals surface area contributed by atoms with E-state index >= 15 is 0 Å². The lowest BCUT2D eigenvalue weighted by Gasteiger charge is -2.31. The fourth-order valence-corrected chi connectivity index (χ4v) is 2.90. The molecule has 1 aromatic carbocycles. The van der Waals surface area contributed by atoms with Crippen LogP contribution in [0.3, 0.4) is 0 Å². The molecule has 1 fully saturated rings. The quantitative estimate of drug-likeness (QED) is 0.796. The number of halogens is 2. The van der Waals surface area contributed by atoms with Crippen LogP contribution in [0.5, 0.6) is 0 Å². The SMILES string of the molecule is N#CC1CSCCN1C(=O)c1ccc(Cl)cc1F. The first kappa shape index (κ1) is 13.2. The standard InChI is InChI=1S/C12H10ClFN2OS/c13-8-1-2-10(11(14)5-8)12(17)16-3-4-18-7-9(16)6-15/h1-2,5,9H,3-4,7H2. The van der Waals surface area contributed by atoms with Crippen molar-refractivity contribution in [1.82, 2.24) is 4.90 Å². The van der Waals surface area contributed by atoms with Crippen molar-refractivity contribution < 1.29 is 9.18 Å². The van der Waals surface area contributed by atoms with Crippen molar-refractivity contribution >= 4 is 29.3 Å². The van der Waals surface area contributed by atoms with Crippen LogP contribution in [-0.4, -0.2) is 34.9 Å². The summed E-state index contributed by atoms with van der Waals surface area (Å²) in [6.07, 6.45) is 0. The van der Waals surface area contributed by atoms with Crippen LogP contribution in [0.15, 0.2) is 18.2 Å². The topological polar surface area (TPSA) is 44.1 Å². The van der Waals surface area contributed by atoms with Crippen LogP contribution in [0.4, 0.5) is 4.39 Å². The van der Waals surface area contributed by atoms with Crippen LogP contribution in [0.2, 0.25) is 5.02 Å². The summed E-state index contributed by atoms with van der Waals surface area (Å²) >= 11 is 7.26. The lowest BCUT2D eigenvalue weighted by molar-refractivity contribution is 0.0733. The highest BCUT2D eigenvalue weighted by atomic mass is 35.5. The van der Waals surface area contributed by atoms with E-state index in [1.165, 1.54) is 17.0 Å². The molecular formula is C12H10ClFN2OS. The van der Waals surface area contributed by atoms with Gasteiger partial charge in [-0.05, 0) is 18.2 Å². The Hall–Kier alpha value is -1.25. The first-order valence-corrected chi connectivity index (χ1v) is 6.90. The van der Waals surface area contributed by atoms with Crippen LogP contribution >= 0.6 is 23.4 Å². The van der Waals surface area contributed by atoms with Crippen LogP contribution in [0, 0.1) is 17.1 Å². The smallest absolute Gasteiger partial charge is 0.257 e. The maximum absolute atomic E-state index is 13.7. The second-order valence-electron chi connectivity index (χ2n) is 3.84. The normalized spacial score (nSPS) is 19.4. The Morgan fingerprint density at radius 1 is 1.61 bits per heavy atom. The molecule has 1 unspecified atom stereocenters. The van der Waals surface area contributed by atoms with Gasteiger partial charge in [-0.25, -0.2) is 4.39 Å². The van der Waals surface area contributed by atoms with E-state index in [1.54, 1.807) is 11.8 Å². The molecule has 1 aliphatic rings. The maximum atomic E-state index is 13.7. The molecule has 94 valence electrons. The van der Waals surface area contributed by atoms with E-state index in [0.29, 0.717) is 12.3 Å². The van der Waals surface area contributed by atoms with Crippen molar-refractivity contribution in [3.05, 3.63) is 34.6 Å². The van der Waals surface area contributed by atoms with Gasteiger partial charge in [-0.15, -0.1) is 0 Å². The van der Waals surface area contributed by atoms with Gasteiger partial charge in [0.25, 0.3) is 5.91 Å². The van der Waals surface area contributed by atoms with Gasteiger partial charge in [0.2, 0.25) is 0 Å². The molecule has 1 amide bonds. The molecule has 0 spiro atoms. The molecule has 2 rings (SSSR count). The predicted octanol–water partition coefficient (Wildman–Crippen LogP) is 2.56. The Morgan fingerprint density at radius 3 is 3.06 bits per heavy atom. The van der Waals surface area contributed by atoms with Gasteiger partial charge in [0.1, 0.15) is 11.9 Å². The van der Waals surface area contributed by atoms with Crippen molar-refractivity contribution in [2.45, 2.75) is 6.04 Å². The molecule has 0 aromatic heterocycles. The summed E-state index contributed by atoms with van der Waals surface area (Å²) in [5.74, 6) is 0.231. The molecule has 1 saturated heterocycles. The van der Waals surface area contributed by atoms with Crippen molar-refractivity contribution in [3.63, 3.8) is 0 Å². The predicted molar refractivity (Wildman–Crippen MR) is 69.2 cm³/mol. The number of carbonyl (C=O) groups excluding carboxylic acids is 1.